The third kappa shape index (κ3) is 3.27. The summed E-state index contributed by atoms with van der Waals surface area (Å²) in [5.74, 6) is 0. The molecule has 1 aliphatic rings. The first-order valence-corrected chi connectivity index (χ1v) is 7.64. The van der Waals surface area contributed by atoms with Crippen LogP contribution in [0, 0.1) is 0 Å². The maximum atomic E-state index is 9.14. The van der Waals surface area contributed by atoms with Crippen molar-refractivity contribution in [3.05, 3.63) is 28.2 Å². The average Bonchev–Trinajstić information content (AvgIpc) is 2.66. The van der Waals surface area contributed by atoms with Gasteiger partial charge in [-0.3, -0.25) is 0 Å². The van der Waals surface area contributed by atoms with Gasteiger partial charge in [-0.1, -0.05) is 31.7 Å². The lowest BCUT2D eigenvalue weighted by Gasteiger charge is -2.30. The van der Waals surface area contributed by atoms with E-state index in [0.717, 1.165) is 10.0 Å². The largest absolute Gasteiger partial charge is 0.392 e. The van der Waals surface area contributed by atoms with Crippen LogP contribution in [0.4, 0.5) is 5.69 Å². The van der Waals surface area contributed by atoms with Crippen LogP contribution >= 0.6 is 15.9 Å². The number of aliphatic hydroxyl groups excluding tert-OH is 1. The third-order valence-corrected chi connectivity index (χ3v) is 4.58. The highest BCUT2D eigenvalue weighted by Crippen LogP contribution is 2.31. The number of halogens is 1. The molecule has 2 rings (SSSR count). The van der Waals surface area contributed by atoms with Gasteiger partial charge in [0.05, 0.1) is 12.3 Å². The molecule has 0 atom stereocenters. The predicted octanol–water partition coefficient (Wildman–Crippen LogP) is 4.10. The topological polar surface area (TPSA) is 23.5 Å². The molecule has 0 unspecified atom stereocenters. The molecule has 2 nitrogen and oxygen atoms in total. The number of anilines is 1. The number of rotatable bonds is 3. The summed E-state index contributed by atoms with van der Waals surface area (Å²) in [7, 11) is 2.19. The van der Waals surface area contributed by atoms with Gasteiger partial charge < -0.3 is 10.0 Å². The molecule has 18 heavy (non-hydrogen) atoms. The van der Waals surface area contributed by atoms with Crippen LogP contribution < -0.4 is 4.90 Å². The average molecular weight is 312 g/mol. The number of aliphatic hydroxyl groups is 1. The van der Waals surface area contributed by atoms with E-state index >= 15 is 0 Å². The highest BCUT2D eigenvalue weighted by atomic mass is 79.9. The quantitative estimate of drug-likeness (QED) is 0.849. The van der Waals surface area contributed by atoms with Gasteiger partial charge in [0.15, 0.2) is 0 Å². The van der Waals surface area contributed by atoms with E-state index in [4.69, 9.17) is 5.11 Å². The first-order chi connectivity index (χ1) is 8.72. The van der Waals surface area contributed by atoms with Gasteiger partial charge in [0.1, 0.15) is 0 Å². The van der Waals surface area contributed by atoms with Crippen LogP contribution in [-0.2, 0) is 6.61 Å². The van der Waals surface area contributed by atoms with Crippen LogP contribution in [0.2, 0.25) is 0 Å². The van der Waals surface area contributed by atoms with Crippen molar-refractivity contribution in [1.82, 2.24) is 0 Å². The molecule has 100 valence electrons. The molecule has 0 aromatic heterocycles. The monoisotopic (exact) mass is 311 g/mol. The Balaban J connectivity index is 2.14. The maximum Gasteiger partial charge on any atom is 0.0682 e. The first kappa shape index (κ1) is 13.9. The second kappa shape index (κ2) is 6.58. The molecule has 0 bridgehead atoms. The lowest BCUT2D eigenvalue weighted by atomic mass is 10.1. The normalized spacial score (nSPS) is 17.5. The minimum Gasteiger partial charge on any atom is -0.392 e. The van der Waals surface area contributed by atoms with Crippen molar-refractivity contribution in [3.8, 4) is 0 Å². The van der Waals surface area contributed by atoms with Gasteiger partial charge in [0.25, 0.3) is 0 Å². The van der Waals surface area contributed by atoms with Crippen LogP contribution in [0.1, 0.15) is 44.1 Å². The fourth-order valence-electron chi connectivity index (χ4n) is 2.78. The van der Waals surface area contributed by atoms with E-state index in [0.29, 0.717) is 6.04 Å². The second-order valence-electron chi connectivity index (χ2n) is 5.20. The smallest absolute Gasteiger partial charge is 0.0682 e. The van der Waals surface area contributed by atoms with E-state index in [9.17, 15) is 0 Å². The molecule has 3 heteroatoms. The summed E-state index contributed by atoms with van der Waals surface area (Å²) in [6, 6.07) is 6.79. The number of hydrogen-bond acceptors (Lipinski definition) is 2. The Kier molecular flexibility index (Phi) is 5.07. The van der Waals surface area contributed by atoms with E-state index in [1.807, 2.05) is 12.1 Å². The van der Waals surface area contributed by atoms with Crippen molar-refractivity contribution in [2.24, 2.45) is 0 Å². The van der Waals surface area contributed by atoms with Crippen LogP contribution in [-0.4, -0.2) is 18.2 Å². The molecule has 0 heterocycles. The minimum absolute atomic E-state index is 0.103. The Morgan fingerprint density at radius 2 is 1.89 bits per heavy atom. The lowest BCUT2D eigenvalue weighted by molar-refractivity contribution is 0.282. The van der Waals surface area contributed by atoms with Crippen molar-refractivity contribution in [2.45, 2.75) is 51.2 Å². The summed E-state index contributed by atoms with van der Waals surface area (Å²) in [5.41, 5.74) is 2.19. The first-order valence-electron chi connectivity index (χ1n) is 6.84. The Bertz CT molecular complexity index is 386. The fraction of sp³-hybridized carbons (Fsp3) is 0.600. The zero-order valence-corrected chi connectivity index (χ0v) is 12.6. The molecule has 0 amide bonds. The van der Waals surface area contributed by atoms with Gasteiger partial charge >= 0.3 is 0 Å². The van der Waals surface area contributed by atoms with E-state index in [2.05, 4.69) is 33.9 Å². The van der Waals surface area contributed by atoms with Crippen molar-refractivity contribution in [2.75, 3.05) is 11.9 Å². The molecular weight excluding hydrogens is 290 g/mol. The van der Waals surface area contributed by atoms with Crippen molar-refractivity contribution >= 4 is 21.6 Å². The van der Waals surface area contributed by atoms with Crippen LogP contribution in [0.5, 0.6) is 0 Å². The molecule has 0 saturated heterocycles. The molecule has 0 spiro atoms. The fourth-order valence-corrected chi connectivity index (χ4v) is 3.48. The molecular formula is C15H22BrNO. The van der Waals surface area contributed by atoms with E-state index < -0.39 is 0 Å². The number of hydrogen-bond donors (Lipinski definition) is 1. The van der Waals surface area contributed by atoms with Crippen molar-refractivity contribution < 1.29 is 5.11 Å². The Morgan fingerprint density at radius 3 is 2.44 bits per heavy atom. The maximum absolute atomic E-state index is 9.14. The molecule has 1 aliphatic carbocycles. The van der Waals surface area contributed by atoms with Gasteiger partial charge in [-0.05, 0) is 46.5 Å². The summed E-state index contributed by atoms with van der Waals surface area (Å²) in [6.07, 6.45) is 8.06. The van der Waals surface area contributed by atoms with Crippen LogP contribution in [0.25, 0.3) is 0 Å². The SMILES string of the molecule is CN(c1ccc(CO)cc1Br)C1CCCCCC1. The van der Waals surface area contributed by atoms with Crippen LogP contribution in [0.15, 0.2) is 22.7 Å². The van der Waals surface area contributed by atoms with E-state index in [1.54, 1.807) is 0 Å². The standard InChI is InChI=1S/C15H22BrNO/c1-17(13-6-4-2-3-5-7-13)15-9-8-12(11-18)10-14(15)16/h8-10,13,18H,2-7,11H2,1H3. The Hall–Kier alpha value is -0.540. The Labute approximate surface area is 118 Å². The summed E-state index contributed by atoms with van der Waals surface area (Å²) in [5, 5.41) is 9.14. The summed E-state index contributed by atoms with van der Waals surface area (Å²) < 4.78 is 1.08. The summed E-state index contributed by atoms with van der Waals surface area (Å²) in [4.78, 5) is 2.40. The van der Waals surface area contributed by atoms with Crippen molar-refractivity contribution in [1.29, 1.82) is 0 Å². The molecule has 1 N–H and O–H groups in total. The van der Waals surface area contributed by atoms with Gasteiger partial charge in [-0.25, -0.2) is 0 Å². The summed E-state index contributed by atoms with van der Waals surface area (Å²) in [6.45, 7) is 0.103. The van der Waals surface area contributed by atoms with E-state index in [1.165, 1.54) is 44.2 Å². The molecule has 0 radical (unpaired) electrons. The molecule has 1 saturated carbocycles. The van der Waals surface area contributed by atoms with Gasteiger partial charge in [0, 0.05) is 17.6 Å². The third-order valence-electron chi connectivity index (χ3n) is 3.95. The van der Waals surface area contributed by atoms with Gasteiger partial charge in [-0.15, -0.1) is 0 Å². The molecule has 1 fully saturated rings. The van der Waals surface area contributed by atoms with Gasteiger partial charge in [0.2, 0.25) is 0 Å². The zero-order chi connectivity index (χ0) is 13.0. The molecule has 1 aromatic rings. The van der Waals surface area contributed by atoms with E-state index in [-0.39, 0.29) is 6.61 Å². The number of nitrogens with zero attached hydrogens (tertiary/aromatic N) is 1. The lowest BCUT2D eigenvalue weighted by Crippen LogP contribution is -2.31. The molecule has 1 aromatic carbocycles. The molecule has 0 aliphatic heterocycles. The van der Waals surface area contributed by atoms with Crippen LogP contribution in [0.3, 0.4) is 0 Å². The highest BCUT2D eigenvalue weighted by molar-refractivity contribution is 9.10. The predicted molar refractivity (Wildman–Crippen MR) is 80.0 cm³/mol. The number of benzene rings is 1. The zero-order valence-electron chi connectivity index (χ0n) is 11.0. The summed E-state index contributed by atoms with van der Waals surface area (Å²) >= 11 is 3.62. The highest BCUT2D eigenvalue weighted by Gasteiger charge is 2.18. The van der Waals surface area contributed by atoms with Gasteiger partial charge in [-0.2, -0.15) is 0 Å². The van der Waals surface area contributed by atoms with Crippen molar-refractivity contribution in [3.63, 3.8) is 0 Å². The second-order valence-corrected chi connectivity index (χ2v) is 6.05. The minimum atomic E-state index is 0.103. The Morgan fingerprint density at radius 1 is 1.22 bits per heavy atom.